The third kappa shape index (κ3) is 3.37. The summed E-state index contributed by atoms with van der Waals surface area (Å²) in [6.45, 7) is 0. The van der Waals surface area contributed by atoms with Gasteiger partial charge in [0.1, 0.15) is 5.82 Å². The van der Waals surface area contributed by atoms with Crippen molar-refractivity contribution in [2.45, 2.75) is 44.4 Å². The quantitative estimate of drug-likeness (QED) is 0.509. The lowest BCUT2D eigenvalue weighted by atomic mass is 9.52. The lowest BCUT2D eigenvalue weighted by molar-refractivity contribution is -0.133. The molecule has 3 nitrogen and oxygen atoms in total. The van der Waals surface area contributed by atoms with Crippen molar-refractivity contribution in [2.24, 2.45) is 11.3 Å². The third-order valence-electron chi connectivity index (χ3n) is 7.28. The van der Waals surface area contributed by atoms with Gasteiger partial charge in [0.25, 0.3) is 0 Å². The Labute approximate surface area is 180 Å². The molecule has 2 aliphatic rings. The monoisotopic (exact) mass is 422 g/mol. The molecule has 3 aromatic rings. The first-order valence-corrected chi connectivity index (χ1v) is 11.0. The molecule has 30 heavy (non-hydrogen) atoms. The molecule has 1 heterocycles. The fourth-order valence-corrected chi connectivity index (χ4v) is 5.67. The molecule has 1 aromatic heterocycles. The second kappa shape index (κ2) is 7.66. The average Bonchev–Trinajstić information content (AvgIpc) is 2.74. The Morgan fingerprint density at radius 1 is 1.07 bits per heavy atom. The molecule has 0 aliphatic heterocycles. The summed E-state index contributed by atoms with van der Waals surface area (Å²) < 4.78 is 13.8. The second-order valence-electron chi connectivity index (χ2n) is 8.76. The van der Waals surface area contributed by atoms with Gasteiger partial charge < -0.3 is 5.32 Å². The number of hydrogen-bond acceptors (Lipinski definition) is 2. The highest BCUT2D eigenvalue weighted by Crippen LogP contribution is 2.58. The zero-order chi connectivity index (χ0) is 20.7. The van der Waals surface area contributed by atoms with Gasteiger partial charge >= 0.3 is 0 Å². The van der Waals surface area contributed by atoms with Gasteiger partial charge in [-0.15, -0.1) is 0 Å². The van der Waals surface area contributed by atoms with Gasteiger partial charge in [0.2, 0.25) is 5.91 Å². The third-order valence-corrected chi connectivity index (χ3v) is 7.61. The number of halogens is 2. The molecule has 0 unspecified atom stereocenters. The van der Waals surface area contributed by atoms with E-state index in [-0.39, 0.29) is 23.1 Å². The highest BCUT2D eigenvalue weighted by molar-refractivity contribution is 6.33. The van der Waals surface area contributed by atoms with Crippen LogP contribution in [0.2, 0.25) is 5.02 Å². The summed E-state index contributed by atoms with van der Waals surface area (Å²) in [5, 5.41) is 4.52. The van der Waals surface area contributed by atoms with Gasteiger partial charge in [-0.1, -0.05) is 23.7 Å². The van der Waals surface area contributed by atoms with E-state index in [2.05, 4.69) is 10.3 Å². The van der Waals surface area contributed by atoms with E-state index < -0.39 is 0 Å². The van der Waals surface area contributed by atoms with E-state index in [0.29, 0.717) is 16.6 Å². The molecular weight excluding hydrogens is 399 g/mol. The van der Waals surface area contributed by atoms with Crippen LogP contribution in [0.3, 0.4) is 0 Å². The number of benzene rings is 2. The zero-order valence-corrected chi connectivity index (χ0v) is 17.5. The Hall–Kier alpha value is -2.46. The van der Waals surface area contributed by atoms with Crippen LogP contribution >= 0.6 is 11.6 Å². The smallest absolute Gasteiger partial charge is 0.228 e. The Bertz CT molecular complexity index is 1110. The summed E-state index contributed by atoms with van der Waals surface area (Å²) in [7, 11) is 0. The molecule has 2 saturated carbocycles. The molecule has 1 atom stereocenters. The van der Waals surface area contributed by atoms with E-state index in [0.717, 1.165) is 49.4 Å². The van der Waals surface area contributed by atoms with Crippen LogP contribution in [-0.4, -0.2) is 10.9 Å². The normalized spacial score (nSPS) is 25.8. The van der Waals surface area contributed by atoms with Gasteiger partial charge in [-0.05, 0) is 91.8 Å². The predicted octanol–water partition coefficient (Wildman–Crippen LogP) is 6.72. The van der Waals surface area contributed by atoms with Crippen molar-refractivity contribution in [1.82, 2.24) is 4.98 Å². The number of hydrogen-bond donors (Lipinski definition) is 1. The van der Waals surface area contributed by atoms with E-state index in [9.17, 15) is 9.18 Å². The van der Waals surface area contributed by atoms with Gasteiger partial charge in [0.15, 0.2) is 0 Å². The SMILES string of the molecule is O=C(Nc1ccccc1Cl)[C@H]1CC[C@]12CC[C@H](c1ccnc3ccc(F)cc31)CC2. The van der Waals surface area contributed by atoms with Gasteiger partial charge in [-0.3, -0.25) is 9.78 Å². The van der Waals surface area contributed by atoms with E-state index in [4.69, 9.17) is 11.6 Å². The second-order valence-corrected chi connectivity index (χ2v) is 9.17. The molecule has 154 valence electrons. The fraction of sp³-hybridized carbons (Fsp3) is 0.360. The summed E-state index contributed by atoms with van der Waals surface area (Å²) in [6.07, 6.45) is 7.95. The minimum atomic E-state index is -0.223. The van der Waals surface area contributed by atoms with Crippen LogP contribution in [0.1, 0.15) is 50.0 Å². The summed E-state index contributed by atoms with van der Waals surface area (Å²) in [5.41, 5.74) is 2.81. The number of pyridine rings is 1. The van der Waals surface area contributed by atoms with Crippen molar-refractivity contribution in [2.75, 3.05) is 5.32 Å². The molecule has 0 saturated heterocycles. The first kappa shape index (κ1) is 19.5. The van der Waals surface area contributed by atoms with Crippen molar-refractivity contribution < 1.29 is 9.18 Å². The Balaban J connectivity index is 1.30. The number of nitrogens with one attached hydrogen (secondary N) is 1. The Kier molecular flexibility index (Phi) is 4.98. The fourth-order valence-electron chi connectivity index (χ4n) is 5.49. The number of anilines is 1. The van der Waals surface area contributed by atoms with Crippen LogP contribution in [0, 0.1) is 17.2 Å². The molecule has 1 amide bonds. The molecular formula is C25H24ClFN2O. The maximum Gasteiger partial charge on any atom is 0.228 e. The van der Waals surface area contributed by atoms with E-state index in [1.165, 1.54) is 11.6 Å². The predicted molar refractivity (Wildman–Crippen MR) is 118 cm³/mol. The van der Waals surface area contributed by atoms with Crippen molar-refractivity contribution in [1.29, 1.82) is 0 Å². The highest BCUT2D eigenvalue weighted by Gasteiger charge is 2.51. The topological polar surface area (TPSA) is 42.0 Å². The minimum Gasteiger partial charge on any atom is -0.325 e. The Morgan fingerprint density at radius 2 is 1.83 bits per heavy atom. The van der Waals surface area contributed by atoms with Crippen LogP contribution in [0.5, 0.6) is 0 Å². The maximum atomic E-state index is 13.8. The van der Waals surface area contributed by atoms with Gasteiger partial charge in [0, 0.05) is 17.5 Å². The van der Waals surface area contributed by atoms with Crippen LogP contribution in [0.15, 0.2) is 54.7 Å². The van der Waals surface area contributed by atoms with Crippen molar-refractivity contribution in [3.05, 3.63) is 71.1 Å². The number of para-hydroxylation sites is 1. The van der Waals surface area contributed by atoms with Crippen LogP contribution in [0.25, 0.3) is 10.9 Å². The maximum absolute atomic E-state index is 13.8. The number of carbonyl (C=O) groups excluding carboxylic acids is 1. The summed E-state index contributed by atoms with van der Waals surface area (Å²) in [4.78, 5) is 17.4. The standard InChI is InChI=1S/C25H24ClFN2O/c26-21-3-1-2-4-23(21)29-24(30)20-9-13-25(20)11-7-16(8-12-25)18-10-14-28-22-6-5-17(27)15-19(18)22/h1-6,10,14-16,20H,7-9,11-13H2,(H,29,30)/t16-,20-,25+/m1/s1. The highest BCUT2D eigenvalue weighted by atomic mass is 35.5. The first-order valence-electron chi connectivity index (χ1n) is 10.7. The number of amides is 1. The van der Waals surface area contributed by atoms with Crippen LogP contribution in [-0.2, 0) is 4.79 Å². The average molecular weight is 423 g/mol. The van der Waals surface area contributed by atoms with Crippen LogP contribution < -0.4 is 5.32 Å². The van der Waals surface area contributed by atoms with Gasteiger partial charge in [-0.2, -0.15) is 0 Å². The molecule has 2 aromatic carbocycles. The van der Waals surface area contributed by atoms with E-state index in [1.54, 1.807) is 18.2 Å². The molecule has 0 bridgehead atoms. The summed E-state index contributed by atoms with van der Waals surface area (Å²) in [6, 6.07) is 14.2. The van der Waals surface area contributed by atoms with Crippen molar-refractivity contribution in [3.8, 4) is 0 Å². The molecule has 1 N–H and O–H groups in total. The number of aromatic nitrogens is 1. The van der Waals surface area contributed by atoms with E-state index >= 15 is 0 Å². The number of rotatable bonds is 3. The minimum absolute atomic E-state index is 0.0429. The lowest BCUT2D eigenvalue weighted by Crippen LogP contribution is -2.48. The number of fused-ring (bicyclic) bond motifs is 1. The largest absolute Gasteiger partial charge is 0.325 e. The molecule has 0 radical (unpaired) electrons. The van der Waals surface area contributed by atoms with Crippen molar-refractivity contribution in [3.63, 3.8) is 0 Å². The zero-order valence-electron chi connectivity index (χ0n) is 16.7. The molecule has 5 rings (SSSR count). The summed E-state index contributed by atoms with van der Waals surface area (Å²) in [5.74, 6) is 0.292. The van der Waals surface area contributed by atoms with Crippen LogP contribution in [0.4, 0.5) is 10.1 Å². The molecule has 5 heteroatoms. The number of carbonyl (C=O) groups is 1. The molecule has 2 aliphatic carbocycles. The molecule has 2 fully saturated rings. The lowest BCUT2D eigenvalue weighted by Gasteiger charge is -2.52. The van der Waals surface area contributed by atoms with Crippen molar-refractivity contribution >= 4 is 34.1 Å². The van der Waals surface area contributed by atoms with E-state index in [1.807, 2.05) is 30.5 Å². The molecule has 1 spiro atoms. The first-order chi connectivity index (χ1) is 14.6. The summed E-state index contributed by atoms with van der Waals surface area (Å²) >= 11 is 6.21. The Morgan fingerprint density at radius 3 is 2.57 bits per heavy atom. The van der Waals surface area contributed by atoms with Gasteiger partial charge in [-0.25, -0.2) is 4.39 Å². The number of nitrogens with zero attached hydrogens (tertiary/aromatic N) is 1. The van der Waals surface area contributed by atoms with Gasteiger partial charge in [0.05, 0.1) is 16.2 Å².